The molecule has 0 aliphatic carbocycles. The number of hydrogen-bond acceptors (Lipinski definition) is 1. The predicted molar refractivity (Wildman–Crippen MR) is 75.1 cm³/mol. The number of nitrogens with one attached hydrogen (secondary N) is 1. The summed E-state index contributed by atoms with van der Waals surface area (Å²) in [6, 6.07) is 1.06. The van der Waals surface area contributed by atoms with Crippen molar-refractivity contribution in [3.8, 4) is 11.5 Å². The van der Waals surface area contributed by atoms with E-state index in [0.717, 1.165) is 0 Å². The van der Waals surface area contributed by atoms with E-state index < -0.39 is 8.07 Å². The minimum atomic E-state index is -1.21. The van der Waals surface area contributed by atoms with Crippen molar-refractivity contribution < 1.29 is 0 Å². The SMILES string of the molecule is CC(C)(C)[C@@H]1CCC[C@H](C#C[Si](C)(C)C)N1. The smallest absolute Gasteiger partial charge is 0.129 e. The summed E-state index contributed by atoms with van der Waals surface area (Å²) in [5.74, 6) is 3.46. The van der Waals surface area contributed by atoms with Crippen LogP contribution in [0.1, 0.15) is 40.0 Å². The molecule has 1 N–H and O–H groups in total. The van der Waals surface area contributed by atoms with Crippen LogP contribution in [0.15, 0.2) is 0 Å². The average Bonchev–Trinajstić information content (AvgIpc) is 2.13. The summed E-state index contributed by atoms with van der Waals surface area (Å²) >= 11 is 0. The van der Waals surface area contributed by atoms with Gasteiger partial charge in [-0.3, -0.25) is 0 Å². The molecule has 0 spiro atoms. The summed E-state index contributed by atoms with van der Waals surface area (Å²) in [5, 5.41) is 3.71. The third-order valence-corrected chi connectivity index (χ3v) is 3.95. The van der Waals surface area contributed by atoms with Gasteiger partial charge in [0.1, 0.15) is 8.07 Å². The first-order chi connectivity index (χ1) is 7.18. The maximum atomic E-state index is 3.71. The maximum absolute atomic E-state index is 3.71. The van der Waals surface area contributed by atoms with E-state index in [0.29, 0.717) is 17.5 Å². The van der Waals surface area contributed by atoms with E-state index >= 15 is 0 Å². The normalized spacial score (nSPS) is 27.1. The lowest BCUT2D eigenvalue weighted by atomic mass is 9.81. The summed E-state index contributed by atoms with van der Waals surface area (Å²) in [5.41, 5.74) is 3.85. The molecule has 1 fully saturated rings. The summed E-state index contributed by atoms with van der Waals surface area (Å²) in [6.45, 7) is 13.9. The zero-order chi connectivity index (χ0) is 12.4. The number of rotatable bonds is 0. The van der Waals surface area contributed by atoms with E-state index in [2.05, 4.69) is 57.2 Å². The highest BCUT2D eigenvalue weighted by atomic mass is 28.3. The van der Waals surface area contributed by atoms with Gasteiger partial charge in [0.15, 0.2) is 0 Å². The van der Waals surface area contributed by atoms with Crippen LogP contribution >= 0.6 is 0 Å². The van der Waals surface area contributed by atoms with Gasteiger partial charge in [-0.15, -0.1) is 5.54 Å². The Bertz CT molecular complexity index is 285. The van der Waals surface area contributed by atoms with E-state index in [-0.39, 0.29) is 0 Å². The number of hydrogen-bond donors (Lipinski definition) is 1. The second kappa shape index (κ2) is 4.94. The Balaban J connectivity index is 2.60. The lowest BCUT2D eigenvalue weighted by Crippen LogP contribution is -2.48. The Labute approximate surface area is 102 Å². The highest BCUT2D eigenvalue weighted by Gasteiger charge is 2.29. The molecule has 2 heteroatoms. The fraction of sp³-hybridized carbons (Fsp3) is 0.857. The van der Waals surface area contributed by atoms with Gasteiger partial charge in [0.05, 0.1) is 6.04 Å². The van der Waals surface area contributed by atoms with Crippen molar-refractivity contribution in [1.29, 1.82) is 0 Å². The molecular formula is C14H27NSi. The maximum Gasteiger partial charge on any atom is 0.129 e. The Kier molecular flexibility index (Phi) is 4.26. The minimum absolute atomic E-state index is 0.361. The lowest BCUT2D eigenvalue weighted by molar-refractivity contribution is 0.210. The minimum Gasteiger partial charge on any atom is -0.300 e. The molecule has 0 radical (unpaired) electrons. The average molecular weight is 237 g/mol. The van der Waals surface area contributed by atoms with Crippen molar-refractivity contribution in [2.24, 2.45) is 5.41 Å². The van der Waals surface area contributed by atoms with E-state index in [9.17, 15) is 0 Å². The number of piperidine rings is 1. The molecule has 0 amide bonds. The lowest BCUT2D eigenvalue weighted by Gasteiger charge is -2.37. The van der Waals surface area contributed by atoms with Crippen molar-refractivity contribution in [2.75, 3.05) is 0 Å². The fourth-order valence-corrected chi connectivity index (χ4v) is 2.64. The van der Waals surface area contributed by atoms with E-state index in [1.54, 1.807) is 0 Å². The van der Waals surface area contributed by atoms with Crippen molar-refractivity contribution in [3.05, 3.63) is 0 Å². The van der Waals surface area contributed by atoms with Crippen molar-refractivity contribution >= 4 is 8.07 Å². The summed E-state index contributed by atoms with van der Waals surface area (Å²) in [7, 11) is -1.21. The molecule has 1 rings (SSSR count). The Morgan fingerprint density at radius 1 is 1.12 bits per heavy atom. The van der Waals surface area contributed by atoms with Crippen LogP contribution in [0.5, 0.6) is 0 Å². The zero-order valence-corrected chi connectivity index (χ0v) is 12.8. The predicted octanol–water partition coefficient (Wildman–Crippen LogP) is 3.42. The van der Waals surface area contributed by atoms with E-state index in [4.69, 9.17) is 0 Å². The van der Waals surface area contributed by atoms with Crippen LogP contribution in [0.2, 0.25) is 19.6 Å². The van der Waals surface area contributed by atoms with Crippen molar-refractivity contribution in [2.45, 2.75) is 71.8 Å². The second-order valence-corrected chi connectivity index (χ2v) is 11.8. The topological polar surface area (TPSA) is 12.0 Å². The van der Waals surface area contributed by atoms with Crippen LogP contribution in [-0.2, 0) is 0 Å². The monoisotopic (exact) mass is 237 g/mol. The third kappa shape index (κ3) is 4.72. The Hall–Kier alpha value is -0.263. The van der Waals surface area contributed by atoms with Gasteiger partial charge < -0.3 is 5.32 Å². The summed E-state index contributed by atoms with van der Waals surface area (Å²) in [6.07, 6.45) is 3.85. The highest BCUT2D eigenvalue weighted by molar-refractivity contribution is 6.83. The first kappa shape index (κ1) is 13.8. The van der Waals surface area contributed by atoms with Crippen molar-refractivity contribution in [1.82, 2.24) is 5.32 Å². The van der Waals surface area contributed by atoms with Crippen LogP contribution in [0, 0.1) is 16.9 Å². The molecule has 0 bridgehead atoms. The standard InChI is InChI=1S/C14H27NSi/c1-14(2,3)13-9-7-8-12(15-13)10-11-16(4,5)6/h12-13,15H,7-9H2,1-6H3/t12-,13+/m1/s1. The van der Waals surface area contributed by atoms with E-state index in [1.807, 2.05) is 0 Å². The Morgan fingerprint density at radius 2 is 1.75 bits per heavy atom. The fourth-order valence-electron chi connectivity index (χ4n) is 2.04. The first-order valence-electron chi connectivity index (χ1n) is 6.47. The molecular weight excluding hydrogens is 210 g/mol. The zero-order valence-electron chi connectivity index (χ0n) is 11.8. The van der Waals surface area contributed by atoms with Gasteiger partial charge in [-0.2, -0.15) is 0 Å². The molecule has 1 saturated heterocycles. The molecule has 92 valence electrons. The third-order valence-electron chi connectivity index (χ3n) is 3.05. The van der Waals surface area contributed by atoms with Crippen LogP contribution < -0.4 is 5.32 Å². The molecule has 1 heterocycles. The molecule has 1 nitrogen and oxygen atoms in total. The van der Waals surface area contributed by atoms with Crippen LogP contribution in [0.4, 0.5) is 0 Å². The highest BCUT2D eigenvalue weighted by Crippen LogP contribution is 2.27. The van der Waals surface area contributed by atoms with Gasteiger partial charge in [0.2, 0.25) is 0 Å². The molecule has 2 atom stereocenters. The van der Waals surface area contributed by atoms with Crippen molar-refractivity contribution in [3.63, 3.8) is 0 Å². The molecule has 0 aromatic heterocycles. The van der Waals surface area contributed by atoms with Gasteiger partial charge in [-0.25, -0.2) is 0 Å². The largest absolute Gasteiger partial charge is 0.300 e. The molecule has 1 aliphatic rings. The Morgan fingerprint density at radius 3 is 2.25 bits per heavy atom. The summed E-state index contributed by atoms with van der Waals surface area (Å²) in [4.78, 5) is 0. The van der Waals surface area contributed by atoms with Gasteiger partial charge in [-0.1, -0.05) is 46.3 Å². The second-order valence-electron chi connectivity index (χ2n) is 7.09. The molecule has 1 aliphatic heterocycles. The molecule has 16 heavy (non-hydrogen) atoms. The molecule has 0 aromatic rings. The molecule has 0 unspecified atom stereocenters. The van der Waals surface area contributed by atoms with Gasteiger partial charge >= 0.3 is 0 Å². The van der Waals surface area contributed by atoms with Crippen LogP contribution in [0.25, 0.3) is 0 Å². The summed E-state index contributed by atoms with van der Waals surface area (Å²) < 4.78 is 0. The van der Waals surface area contributed by atoms with Gasteiger partial charge in [0, 0.05) is 6.04 Å². The molecule has 0 saturated carbocycles. The first-order valence-corrected chi connectivity index (χ1v) is 9.97. The van der Waals surface area contributed by atoms with E-state index in [1.165, 1.54) is 19.3 Å². The molecule has 0 aromatic carbocycles. The van der Waals surface area contributed by atoms with Crippen LogP contribution in [-0.4, -0.2) is 20.2 Å². The van der Waals surface area contributed by atoms with Gasteiger partial charge in [0.25, 0.3) is 0 Å². The van der Waals surface area contributed by atoms with Crippen LogP contribution in [0.3, 0.4) is 0 Å². The van der Waals surface area contributed by atoms with Gasteiger partial charge in [-0.05, 0) is 24.7 Å². The quantitative estimate of drug-likeness (QED) is 0.503.